The minimum Gasteiger partial charge on any atom is -0.357 e. The zero-order chi connectivity index (χ0) is 40.9. The van der Waals surface area contributed by atoms with Crippen molar-refractivity contribution < 1.29 is 0 Å². The molecule has 1 saturated heterocycles. The molecule has 1 aliphatic heterocycles. The van der Waals surface area contributed by atoms with Crippen molar-refractivity contribution in [3.05, 3.63) is 118 Å². The third kappa shape index (κ3) is 17.1. The van der Waals surface area contributed by atoms with E-state index in [4.69, 9.17) is 4.98 Å². The van der Waals surface area contributed by atoms with Crippen LogP contribution in [0.3, 0.4) is 0 Å². The quantitative estimate of drug-likeness (QED) is 0.164. The zero-order valence-electron chi connectivity index (χ0n) is 36.7. The van der Waals surface area contributed by atoms with Gasteiger partial charge in [-0.3, -0.25) is 14.6 Å². The van der Waals surface area contributed by atoms with Crippen LogP contribution in [-0.4, -0.2) is 42.8 Å². The molecule has 0 amide bonds. The third-order valence-electron chi connectivity index (χ3n) is 10.1. The molecular formula is C48H73N7S. The summed E-state index contributed by atoms with van der Waals surface area (Å²) in [5, 5.41) is 7.46. The molecule has 0 atom stereocenters. The number of hydrogen-bond donors (Lipinski definition) is 0. The Balaban J connectivity index is 0.000000193. The lowest BCUT2D eigenvalue weighted by Gasteiger charge is -2.28. The van der Waals surface area contributed by atoms with Gasteiger partial charge in [-0.15, -0.1) is 11.3 Å². The van der Waals surface area contributed by atoms with Crippen molar-refractivity contribution in [2.24, 2.45) is 7.05 Å². The number of anilines is 1. The monoisotopic (exact) mass is 780 g/mol. The van der Waals surface area contributed by atoms with Gasteiger partial charge in [-0.2, -0.15) is 5.10 Å². The Hall–Kier alpha value is -3.91. The molecule has 2 fully saturated rings. The van der Waals surface area contributed by atoms with Gasteiger partial charge in [-0.25, -0.2) is 9.97 Å². The van der Waals surface area contributed by atoms with Crippen LogP contribution in [0.1, 0.15) is 189 Å². The summed E-state index contributed by atoms with van der Waals surface area (Å²) in [7, 11) is 1.94. The highest BCUT2D eigenvalue weighted by Crippen LogP contribution is 2.32. The van der Waals surface area contributed by atoms with E-state index < -0.39 is 0 Å². The molecule has 0 bridgehead atoms. The van der Waals surface area contributed by atoms with Gasteiger partial charge < -0.3 is 4.90 Å². The van der Waals surface area contributed by atoms with Gasteiger partial charge in [0.1, 0.15) is 5.82 Å². The minimum absolute atomic E-state index is 0.523. The maximum atomic E-state index is 4.72. The molecule has 1 saturated carbocycles. The predicted molar refractivity (Wildman–Crippen MR) is 240 cm³/mol. The van der Waals surface area contributed by atoms with Crippen molar-refractivity contribution in [1.82, 2.24) is 29.7 Å². The molecule has 56 heavy (non-hydrogen) atoms. The van der Waals surface area contributed by atoms with E-state index in [2.05, 4.69) is 125 Å². The van der Waals surface area contributed by atoms with E-state index in [1.165, 1.54) is 92.2 Å². The first-order valence-corrected chi connectivity index (χ1v) is 22.2. The van der Waals surface area contributed by atoms with Gasteiger partial charge in [0.05, 0.1) is 10.7 Å². The second-order valence-corrected chi connectivity index (χ2v) is 17.6. The maximum absolute atomic E-state index is 4.72. The van der Waals surface area contributed by atoms with Crippen LogP contribution in [0.4, 0.5) is 5.82 Å². The molecule has 306 valence electrons. The van der Waals surface area contributed by atoms with Gasteiger partial charge in [0.25, 0.3) is 0 Å². The van der Waals surface area contributed by atoms with Crippen LogP contribution in [0.2, 0.25) is 0 Å². The topological polar surface area (TPSA) is 72.6 Å². The summed E-state index contributed by atoms with van der Waals surface area (Å²) < 4.78 is 1.83. The summed E-state index contributed by atoms with van der Waals surface area (Å²) in [4.78, 5) is 20.0. The van der Waals surface area contributed by atoms with Crippen LogP contribution >= 0.6 is 11.3 Å². The maximum Gasteiger partial charge on any atom is 0.128 e. The van der Waals surface area contributed by atoms with E-state index in [-0.39, 0.29) is 0 Å². The van der Waals surface area contributed by atoms with Gasteiger partial charge in [0.15, 0.2) is 0 Å². The Morgan fingerprint density at radius 2 is 1.25 bits per heavy atom. The molecular weight excluding hydrogens is 707 g/mol. The van der Waals surface area contributed by atoms with Crippen molar-refractivity contribution in [1.29, 1.82) is 0 Å². The molecule has 0 spiro atoms. The van der Waals surface area contributed by atoms with Crippen LogP contribution in [-0.2, 0) is 7.05 Å². The Labute approximate surface area is 344 Å². The largest absolute Gasteiger partial charge is 0.357 e. The SMILES string of the molecule is CC(C)c1cccc(N2CCCCC2)n1.CC(C)c1ccccn1.CC(C)c1ccn(C)n1.CC(C)c1ccnc(C2CCCCC2)c1.CC(C)c1nccs1. The average molecular weight is 780 g/mol. The molecule has 0 radical (unpaired) electrons. The van der Waals surface area contributed by atoms with Gasteiger partial charge in [-0.05, 0) is 104 Å². The fourth-order valence-electron chi connectivity index (χ4n) is 6.48. The molecule has 0 aromatic carbocycles. The number of thiazole rings is 1. The molecule has 1 aliphatic carbocycles. The van der Waals surface area contributed by atoms with E-state index >= 15 is 0 Å². The summed E-state index contributed by atoms with van der Waals surface area (Å²) in [5.41, 5.74) is 6.31. The first-order valence-electron chi connectivity index (χ1n) is 21.3. The average Bonchev–Trinajstić information content (AvgIpc) is 3.93. The molecule has 5 aromatic heterocycles. The first kappa shape index (κ1) is 46.5. The van der Waals surface area contributed by atoms with Crippen LogP contribution in [0.25, 0.3) is 0 Å². The van der Waals surface area contributed by atoms with Gasteiger partial charge in [-0.1, -0.05) is 101 Å². The predicted octanol–water partition coefficient (Wildman–Crippen LogP) is 13.5. The summed E-state index contributed by atoms with van der Waals surface area (Å²) in [6.45, 7) is 24.1. The van der Waals surface area contributed by atoms with E-state index in [1.807, 2.05) is 66.2 Å². The van der Waals surface area contributed by atoms with E-state index in [0.29, 0.717) is 29.6 Å². The molecule has 7 nitrogen and oxygen atoms in total. The van der Waals surface area contributed by atoms with Crippen LogP contribution in [0.5, 0.6) is 0 Å². The van der Waals surface area contributed by atoms with Crippen molar-refractivity contribution in [2.75, 3.05) is 18.0 Å². The van der Waals surface area contributed by atoms with Crippen molar-refractivity contribution in [3.8, 4) is 0 Å². The van der Waals surface area contributed by atoms with Crippen LogP contribution in [0.15, 0.2) is 84.8 Å². The minimum atomic E-state index is 0.523. The number of rotatable bonds is 7. The Bertz CT molecular complexity index is 1650. The van der Waals surface area contributed by atoms with Crippen LogP contribution < -0.4 is 4.90 Å². The Morgan fingerprint density at radius 1 is 0.589 bits per heavy atom. The standard InChI is InChI=1S/C14H21N.C13H20N2.C8H11N.C7H12N2.C6H9NS/c1-11(2)13-8-9-15-14(10-13)12-6-4-3-5-7-12;1-11(2)12-7-6-8-13(14-12)15-9-4-3-5-10-15;1-7(2)8-5-3-4-6-9-8;1-6(2)7-4-5-9(3)8-7;1-5(2)6-7-3-4-8-6/h8-12H,3-7H2,1-2H3;6-8,11H,3-5,9-10H2,1-2H3;3-7H,1-2H3;4-6H,1-3H3;3-5H,1-2H3. The molecule has 5 aromatic rings. The second-order valence-electron chi connectivity index (χ2n) is 16.6. The van der Waals surface area contributed by atoms with Gasteiger partial charge >= 0.3 is 0 Å². The molecule has 2 aliphatic rings. The Morgan fingerprint density at radius 3 is 1.73 bits per heavy atom. The number of aromatic nitrogens is 6. The molecule has 0 N–H and O–H groups in total. The van der Waals surface area contributed by atoms with Crippen molar-refractivity contribution in [2.45, 2.75) is 156 Å². The highest BCUT2D eigenvalue weighted by Gasteiger charge is 2.17. The number of hydrogen-bond acceptors (Lipinski definition) is 7. The Kier molecular flexibility index (Phi) is 21.0. The number of nitrogens with zero attached hydrogens (tertiary/aromatic N) is 7. The smallest absolute Gasteiger partial charge is 0.128 e. The fraction of sp³-hybridized carbons (Fsp3) is 0.562. The molecule has 0 unspecified atom stereocenters. The summed E-state index contributed by atoms with van der Waals surface area (Å²) >= 11 is 1.72. The molecule has 6 heterocycles. The van der Waals surface area contributed by atoms with E-state index in [1.54, 1.807) is 11.3 Å². The number of pyridine rings is 3. The number of aryl methyl sites for hydroxylation is 1. The highest BCUT2D eigenvalue weighted by atomic mass is 32.1. The van der Waals surface area contributed by atoms with Crippen LogP contribution in [0, 0.1) is 0 Å². The fourth-order valence-corrected chi connectivity index (χ4v) is 7.14. The van der Waals surface area contributed by atoms with Gasteiger partial charge in [0, 0.05) is 79.2 Å². The summed E-state index contributed by atoms with van der Waals surface area (Å²) in [5.74, 6) is 4.73. The van der Waals surface area contributed by atoms with Gasteiger partial charge in [0.2, 0.25) is 0 Å². The van der Waals surface area contributed by atoms with Crippen molar-refractivity contribution in [3.63, 3.8) is 0 Å². The first-order chi connectivity index (χ1) is 26.8. The summed E-state index contributed by atoms with van der Waals surface area (Å²) in [6.07, 6.45) is 18.5. The lowest BCUT2D eigenvalue weighted by Crippen LogP contribution is -2.30. The van der Waals surface area contributed by atoms with E-state index in [9.17, 15) is 0 Å². The normalized spacial score (nSPS) is 14.3. The molecule has 8 heteroatoms. The second kappa shape index (κ2) is 25.4. The highest BCUT2D eigenvalue weighted by molar-refractivity contribution is 7.09. The third-order valence-corrected chi connectivity index (χ3v) is 11.1. The summed E-state index contributed by atoms with van der Waals surface area (Å²) in [6, 6.07) is 18.9. The lowest BCUT2D eigenvalue weighted by atomic mass is 9.86. The van der Waals surface area contributed by atoms with Crippen molar-refractivity contribution >= 4 is 17.2 Å². The zero-order valence-corrected chi connectivity index (χ0v) is 37.5. The lowest BCUT2D eigenvalue weighted by molar-refractivity contribution is 0.436. The molecule has 7 rings (SSSR count). The number of piperidine rings is 1. The van der Waals surface area contributed by atoms with E-state index in [0.717, 1.165) is 17.3 Å².